The van der Waals surface area contributed by atoms with E-state index in [0.29, 0.717) is 0 Å². The van der Waals surface area contributed by atoms with Crippen LogP contribution in [0.5, 0.6) is 0 Å². The van der Waals surface area contributed by atoms with Crippen LogP contribution in [0.2, 0.25) is 0 Å². The zero-order valence-electron chi connectivity index (χ0n) is 17.0. The lowest BCUT2D eigenvalue weighted by atomic mass is 9.95. The van der Waals surface area contributed by atoms with Crippen LogP contribution in [-0.4, -0.2) is 4.40 Å². The number of aromatic nitrogens is 2. The molecule has 6 aromatic rings. The molecular formula is C26H23N2+. The predicted molar refractivity (Wildman–Crippen MR) is 119 cm³/mol. The molecule has 2 nitrogen and oxygen atoms in total. The summed E-state index contributed by atoms with van der Waals surface area (Å²) in [4.78, 5) is 0. The van der Waals surface area contributed by atoms with Crippen LogP contribution >= 0.6 is 0 Å². The van der Waals surface area contributed by atoms with E-state index in [9.17, 15) is 0 Å². The molecule has 3 aromatic carbocycles. The Kier molecular flexibility index (Phi) is 2.85. The van der Waals surface area contributed by atoms with Crippen molar-refractivity contribution in [3.05, 3.63) is 70.9 Å². The Hall–Kier alpha value is -3.13. The highest BCUT2D eigenvalue weighted by atomic mass is 15.0. The second kappa shape index (κ2) is 5.02. The number of benzene rings is 3. The van der Waals surface area contributed by atoms with Crippen molar-refractivity contribution in [2.24, 2.45) is 7.05 Å². The van der Waals surface area contributed by atoms with Gasteiger partial charge >= 0.3 is 0 Å². The van der Waals surface area contributed by atoms with Crippen LogP contribution in [0, 0.1) is 27.7 Å². The van der Waals surface area contributed by atoms with Gasteiger partial charge in [0.2, 0.25) is 5.52 Å². The van der Waals surface area contributed by atoms with Crippen molar-refractivity contribution in [2.75, 3.05) is 0 Å². The fourth-order valence-corrected chi connectivity index (χ4v) is 5.25. The van der Waals surface area contributed by atoms with Crippen molar-refractivity contribution in [1.29, 1.82) is 0 Å². The summed E-state index contributed by atoms with van der Waals surface area (Å²) in [5.41, 5.74) is 10.7. The van der Waals surface area contributed by atoms with Gasteiger partial charge in [-0.25, -0.2) is 4.57 Å². The van der Waals surface area contributed by atoms with Crippen molar-refractivity contribution in [2.45, 2.75) is 27.7 Å². The fourth-order valence-electron chi connectivity index (χ4n) is 5.25. The zero-order chi connectivity index (χ0) is 19.3. The van der Waals surface area contributed by atoms with E-state index < -0.39 is 0 Å². The van der Waals surface area contributed by atoms with E-state index >= 15 is 0 Å². The molecule has 0 radical (unpaired) electrons. The summed E-state index contributed by atoms with van der Waals surface area (Å²) in [7, 11) is 2.18. The second-order valence-corrected chi connectivity index (χ2v) is 8.42. The molecule has 0 N–H and O–H groups in total. The number of rotatable bonds is 0. The fraction of sp³-hybridized carbons (Fsp3) is 0.192. The van der Waals surface area contributed by atoms with Gasteiger partial charge in [-0.1, -0.05) is 30.3 Å². The molecule has 0 aliphatic rings. The van der Waals surface area contributed by atoms with E-state index in [2.05, 4.69) is 92.4 Å². The maximum absolute atomic E-state index is 2.53. The molecule has 0 bridgehead atoms. The normalized spacial score (nSPS) is 12.5. The van der Waals surface area contributed by atoms with E-state index in [1.54, 1.807) is 0 Å². The van der Waals surface area contributed by atoms with Crippen LogP contribution in [-0.2, 0) is 7.05 Å². The molecule has 0 saturated heterocycles. The zero-order valence-corrected chi connectivity index (χ0v) is 17.0. The highest BCUT2D eigenvalue weighted by Crippen LogP contribution is 2.42. The lowest BCUT2D eigenvalue weighted by molar-refractivity contribution is -0.643. The SMILES string of the molecule is Cc1ccc2c3ccc4cc[n+](C)c5c6c(C)c(C)cc(C)c6n(c2c1)c3c45. The third-order valence-electron chi connectivity index (χ3n) is 6.66. The molecule has 0 unspecified atom stereocenters. The van der Waals surface area contributed by atoms with E-state index in [1.165, 1.54) is 71.3 Å². The first-order valence-electron chi connectivity index (χ1n) is 9.95. The first kappa shape index (κ1) is 15.9. The molecule has 136 valence electrons. The van der Waals surface area contributed by atoms with Crippen molar-refractivity contribution in [1.82, 2.24) is 4.40 Å². The Labute approximate surface area is 164 Å². The van der Waals surface area contributed by atoms with Crippen LogP contribution in [0.3, 0.4) is 0 Å². The summed E-state index contributed by atoms with van der Waals surface area (Å²) in [5, 5.41) is 6.75. The number of aryl methyl sites for hydroxylation is 5. The Morgan fingerprint density at radius 2 is 1.54 bits per heavy atom. The number of pyridine rings is 2. The van der Waals surface area contributed by atoms with Crippen LogP contribution in [0.25, 0.3) is 49.0 Å². The molecule has 6 rings (SSSR count). The Morgan fingerprint density at radius 1 is 0.750 bits per heavy atom. The molecule has 0 aliphatic carbocycles. The van der Waals surface area contributed by atoms with E-state index in [0.717, 1.165) is 0 Å². The smallest absolute Gasteiger partial charge is 0.224 e. The van der Waals surface area contributed by atoms with Crippen LogP contribution in [0.4, 0.5) is 0 Å². The second-order valence-electron chi connectivity index (χ2n) is 8.42. The van der Waals surface area contributed by atoms with Gasteiger partial charge in [-0.3, -0.25) is 0 Å². The predicted octanol–water partition coefficient (Wildman–Crippen LogP) is 6.05. The molecule has 3 heterocycles. The van der Waals surface area contributed by atoms with Crippen LogP contribution in [0.15, 0.2) is 48.7 Å². The lowest BCUT2D eigenvalue weighted by Gasteiger charge is -2.16. The summed E-state index contributed by atoms with van der Waals surface area (Å²) in [6.07, 6.45) is 2.20. The Bertz CT molecular complexity index is 1600. The van der Waals surface area contributed by atoms with Gasteiger partial charge in [-0.15, -0.1) is 0 Å². The molecule has 28 heavy (non-hydrogen) atoms. The van der Waals surface area contributed by atoms with Gasteiger partial charge in [0.15, 0.2) is 6.20 Å². The highest BCUT2D eigenvalue weighted by Gasteiger charge is 2.25. The molecule has 2 heteroatoms. The summed E-state index contributed by atoms with van der Waals surface area (Å²) >= 11 is 0. The number of hydrogen-bond donors (Lipinski definition) is 0. The number of nitrogens with zero attached hydrogens (tertiary/aromatic N) is 2. The Balaban J connectivity index is 2.16. The summed E-state index contributed by atoms with van der Waals surface area (Å²) in [6, 6.07) is 16.0. The van der Waals surface area contributed by atoms with Crippen molar-refractivity contribution < 1.29 is 4.57 Å². The molecule has 0 amide bonds. The van der Waals surface area contributed by atoms with Gasteiger partial charge < -0.3 is 4.40 Å². The summed E-state index contributed by atoms with van der Waals surface area (Å²) < 4.78 is 4.84. The molecule has 0 atom stereocenters. The number of fused-ring (bicyclic) bond motifs is 6. The summed E-state index contributed by atoms with van der Waals surface area (Å²) in [5.74, 6) is 0. The average molecular weight is 363 g/mol. The minimum Gasteiger partial charge on any atom is -0.307 e. The van der Waals surface area contributed by atoms with Gasteiger partial charge in [0, 0.05) is 16.8 Å². The van der Waals surface area contributed by atoms with Gasteiger partial charge in [-0.05, 0) is 61.4 Å². The van der Waals surface area contributed by atoms with E-state index in [-0.39, 0.29) is 0 Å². The molecule has 0 spiro atoms. The average Bonchev–Trinajstić information content (AvgIpc) is 2.99. The third-order valence-corrected chi connectivity index (χ3v) is 6.66. The molecule has 3 aromatic heterocycles. The third kappa shape index (κ3) is 1.71. The van der Waals surface area contributed by atoms with Crippen molar-refractivity contribution >= 4 is 49.0 Å². The van der Waals surface area contributed by atoms with Crippen LogP contribution in [0.1, 0.15) is 22.3 Å². The Morgan fingerprint density at radius 3 is 2.36 bits per heavy atom. The lowest BCUT2D eigenvalue weighted by Crippen LogP contribution is -2.29. The maximum Gasteiger partial charge on any atom is 0.224 e. The molecule has 0 aliphatic heterocycles. The quantitative estimate of drug-likeness (QED) is 0.176. The minimum absolute atomic E-state index is 1.30. The molecule has 0 fully saturated rings. The first-order valence-corrected chi connectivity index (χ1v) is 9.95. The van der Waals surface area contributed by atoms with E-state index in [4.69, 9.17) is 0 Å². The van der Waals surface area contributed by atoms with Gasteiger partial charge in [0.1, 0.15) is 7.05 Å². The van der Waals surface area contributed by atoms with E-state index in [1.807, 2.05) is 0 Å². The van der Waals surface area contributed by atoms with Crippen LogP contribution < -0.4 is 4.57 Å². The largest absolute Gasteiger partial charge is 0.307 e. The van der Waals surface area contributed by atoms with Gasteiger partial charge in [0.05, 0.1) is 27.3 Å². The standard InChI is InChI=1S/C26H23N2/c1-14-6-8-19-20-9-7-18-10-11-27(5)26-22-17(4)15(2)13-16(3)24(22)28(21(19)12-14)25(20)23(18)26/h6-13H,1-5H3/q+1. The monoisotopic (exact) mass is 363 g/mol. The molecular weight excluding hydrogens is 340 g/mol. The number of hydrogen-bond acceptors (Lipinski definition) is 0. The van der Waals surface area contributed by atoms with Crippen molar-refractivity contribution in [3.8, 4) is 0 Å². The van der Waals surface area contributed by atoms with Gasteiger partial charge in [-0.2, -0.15) is 0 Å². The topological polar surface area (TPSA) is 8.29 Å². The maximum atomic E-state index is 2.53. The molecule has 0 saturated carbocycles. The first-order chi connectivity index (χ1) is 13.5. The van der Waals surface area contributed by atoms with Gasteiger partial charge in [0.25, 0.3) is 0 Å². The highest BCUT2D eigenvalue weighted by molar-refractivity contribution is 6.27. The van der Waals surface area contributed by atoms with Crippen molar-refractivity contribution in [3.63, 3.8) is 0 Å². The summed E-state index contributed by atoms with van der Waals surface area (Å²) in [6.45, 7) is 8.95. The minimum atomic E-state index is 1.30.